The quantitative estimate of drug-likeness (QED) is 0.890. The number of aromatic amines is 1. The molecule has 2 N–H and O–H groups in total. The Kier molecular flexibility index (Phi) is 3.11. The lowest BCUT2D eigenvalue weighted by Gasteiger charge is -2.36. The monoisotopic (exact) mass is 259 g/mol. The molecule has 3 nitrogen and oxygen atoms in total. The van der Waals surface area contributed by atoms with Crippen LogP contribution in [-0.2, 0) is 16.8 Å². The van der Waals surface area contributed by atoms with Gasteiger partial charge in [0.1, 0.15) is 5.60 Å². The van der Waals surface area contributed by atoms with Crippen LogP contribution in [0.2, 0.25) is 0 Å². The van der Waals surface area contributed by atoms with Crippen molar-refractivity contribution in [3.8, 4) is 0 Å². The minimum Gasteiger partial charge on any atom is -0.396 e. The average Bonchev–Trinajstić information content (AvgIpc) is 2.78. The molecule has 0 radical (unpaired) electrons. The van der Waals surface area contributed by atoms with Crippen molar-refractivity contribution in [3.05, 3.63) is 35.0 Å². The summed E-state index contributed by atoms with van der Waals surface area (Å²) in [5.74, 6) is 0. The molecular weight excluding hydrogens is 238 g/mol. The van der Waals surface area contributed by atoms with Crippen LogP contribution < -0.4 is 0 Å². The Hall–Kier alpha value is -1.32. The molecule has 3 heteroatoms. The van der Waals surface area contributed by atoms with Crippen LogP contribution in [0, 0.1) is 6.92 Å². The molecule has 0 saturated heterocycles. The van der Waals surface area contributed by atoms with E-state index in [1.807, 2.05) is 0 Å². The van der Waals surface area contributed by atoms with Crippen molar-refractivity contribution in [3.63, 3.8) is 0 Å². The van der Waals surface area contributed by atoms with E-state index in [2.05, 4.69) is 37.0 Å². The summed E-state index contributed by atoms with van der Waals surface area (Å²) >= 11 is 0. The predicted octanol–water partition coefficient (Wildman–Crippen LogP) is 3.04. The summed E-state index contributed by atoms with van der Waals surface area (Å²) in [6, 6.07) is 6.52. The van der Waals surface area contributed by atoms with E-state index in [1.54, 1.807) is 0 Å². The van der Waals surface area contributed by atoms with Crippen molar-refractivity contribution < 1.29 is 9.84 Å². The van der Waals surface area contributed by atoms with Crippen LogP contribution in [0.4, 0.5) is 0 Å². The fourth-order valence-electron chi connectivity index (χ4n) is 3.26. The SMILES string of the molecule is CCC1(CCO)OCCc2c1[nH]c1ccc(C)cc21. The second-order valence-electron chi connectivity index (χ2n) is 5.45. The number of aromatic nitrogens is 1. The van der Waals surface area contributed by atoms with Crippen LogP contribution in [-0.4, -0.2) is 23.3 Å². The number of aryl methyl sites for hydroxylation is 1. The Labute approximate surface area is 113 Å². The Balaban J connectivity index is 2.22. The second-order valence-corrected chi connectivity index (χ2v) is 5.45. The summed E-state index contributed by atoms with van der Waals surface area (Å²) in [6.07, 6.45) is 2.49. The first kappa shape index (κ1) is 12.7. The molecule has 19 heavy (non-hydrogen) atoms. The summed E-state index contributed by atoms with van der Waals surface area (Å²) in [5, 5.41) is 10.7. The van der Waals surface area contributed by atoms with E-state index >= 15 is 0 Å². The van der Waals surface area contributed by atoms with Crippen molar-refractivity contribution in [2.45, 2.75) is 38.7 Å². The molecule has 0 fully saturated rings. The lowest BCUT2D eigenvalue weighted by molar-refractivity contribution is -0.0795. The fourth-order valence-corrected chi connectivity index (χ4v) is 3.26. The van der Waals surface area contributed by atoms with E-state index in [1.165, 1.54) is 27.7 Å². The van der Waals surface area contributed by atoms with E-state index in [0.717, 1.165) is 19.4 Å². The van der Waals surface area contributed by atoms with Crippen molar-refractivity contribution in [1.29, 1.82) is 0 Å². The molecule has 0 aliphatic carbocycles. The lowest BCUT2D eigenvalue weighted by atomic mass is 9.86. The number of aliphatic hydroxyl groups is 1. The summed E-state index contributed by atoms with van der Waals surface area (Å²) in [5.41, 5.74) is 4.67. The van der Waals surface area contributed by atoms with Crippen LogP contribution >= 0.6 is 0 Å². The third kappa shape index (κ3) is 1.88. The van der Waals surface area contributed by atoms with Gasteiger partial charge in [0, 0.05) is 23.9 Å². The predicted molar refractivity (Wildman–Crippen MR) is 76.4 cm³/mol. The molecule has 0 bridgehead atoms. The maximum absolute atomic E-state index is 9.37. The number of benzene rings is 1. The molecule has 1 atom stereocenters. The average molecular weight is 259 g/mol. The van der Waals surface area contributed by atoms with Crippen LogP contribution in [0.1, 0.15) is 36.6 Å². The highest BCUT2D eigenvalue weighted by atomic mass is 16.5. The third-order valence-electron chi connectivity index (χ3n) is 4.33. The van der Waals surface area contributed by atoms with Gasteiger partial charge in [0.2, 0.25) is 0 Å². The van der Waals surface area contributed by atoms with Gasteiger partial charge in [0.15, 0.2) is 0 Å². The number of fused-ring (bicyclic) bond motifs is 3. The molecule has 0 spiro atoms. The van der Waals surface area contributed by atoms with E-state index < -0.39 is 0 Å². The summed E-state index contributed by atoms with van der Waals surface area (Å²) in [7, 11) is 0. The molecule has 1 aromatic heterocycles. The topological polar surface area (TPSA) is 45.2 Å². The first-order valence-corrected chi connectivity index (χ1v) is 7.06. The summed E-state index contributed by atoms with van der Waals surface area (Å²) in [4.78, 5) is 3.53. The molecule has 2 aromatic rings. The number of hydrogen-bond acceptors (Lipinski definition) is 2. The van der Waals surface area contributed by atoms with Crippen LogP contribution in [0.25, 0.3) is 10.9 Å². The first-order valence-electron chi connectivity index (χ1n) is 7.06. The first-order chi connectivity index (χ1) is 9.20. The number of H-pyrrole nitrogens is 1. The Morgan fingerprint density at radius 1 is 1.42 bits per heavy atom. The zero-order valence-corrected chi connectivity index (χ0v) is 11.6. The van der Waals surface area contributed by atoms with E-state index in [-0.39, 0.29) is 12.2 Å². The lowest BCUT2D eigenvalue weighted by Crippen LogP contribution is -2.36. The summed E-state index contributed by atoms with van der Waals surface area (Å²) < 4.78 is 6.05. The molecule has 0 saturated carbocycles. The van der Waals surface area contributed by atoms with Crippen LogP contribution in [0.15, 0.2) is 18.2 Å². The molecule has 102 valence electrons. The van der Waals surface area contributed by atoms with Crippen molar-refractivity contribution in [2.24, 2.45) is 0 Å². The molecule has 3 rings (SSSR count). The number of ether oxygens (including phenoxy) is 1. The third-order valence-corrected chi connectivity index (χ3v) is 4.33. The maximum atomic E-state index is 9.37. The van der Waals surface area contributed by atoms with Crippen molar-refractivity contribution in [1.82, 2.24) is 4.98 Å². The summed E-state index contributed by atoms with van der Waals surface area (Å²) in [6.45, 7) is 5.14. The minimum atomic E-state index is -0.338. The van der Waals surface area contributed by atoms with Crippen molar-refractivity contribution >= 4 is 10.9 Å². The molecule has 1 aromatic carbocycles. The zero-order valence-electron chi connectivity index (χ0n) is 11.6. The highest BCUT2D eigenvalue weighted by Gasteiger charge is 2.38. The smallest absolute Gasteiger partial charge is 0.110 e. The van der Waals surface area contributed by atoms with Gasteiger partial charge in [-0.25, -0.2) is 0 Å². The Morgan fingerprint density at radius 3 is 3.00 bits per heavy atom. The molecule has 2 heterocycles. The van der Waals surface area contributed by atoms with Gasteiger partial charge in [-0.05, 0) is 37.5 Å². The minimum absolute atomic E-state index is 0.154. The zero-order chi connectivity index (χ0) is 13.5. The largest absolute Gasteiger partial charge is 0.396 e. The second kappa shape index (κ2) is 4.66. The van der Waals surface area contributed by atoms with Gasteiger partial charge in [-0.15, -0.1) is 0 Å². The van der Waals surface area contributed by atoms with E-state index in [9.17, 15) is 5.11 Å². The molecule has 1 unspecified atom stereocenters. The van der Waals surface area contributed by atoms with E-state index in [0.29, 0.717) is 6.42 Å². The number of hydrogen-bond donors (Lipinski definition) is 2. The van der Waals surface area contributed by atoms with Gasteiger partial charge < -0.3 is 14.8 Å². The van der Waals surface area contributed by atoms with Gasteiger partial charge in [-0.3, -0.25) is 0 Å². The number of rotatable bonds is 3. The Bertz CT molecular complexity index is 602. The van der Waals surface area contributed by atoms with E-state index in [4.69, 9.17) is 4.74 Å². The van der Waals surface area contributed by atoms with Crippen LogP contribution in [0.5, 0.6) is 0 Å². The van der Waals surface area contributed by atoms with Gasteiger partial charge in [-0.1, -0.05) is 18.6 Å². The van der Waals surface area contributed by atoms with Gasteiger partial charge >= 0.3 is 0 Å². The van der Waals surface area contributed by atoms with Crippen LogP contribution in [0.3, 0.4) is 0 Å². The van der Waals surface area contributed by atoms with Crippen molar-refractivity contribution in [2.75, 3.05) is 13.2 Å². The maximum Gasteiger partial charge on any atom is 0.110 e. The molecular formula is C16H21NO2. The molecule has 1 aliphatic rings. The Morgan fingerprint density at radius 2 is 2.26 bits per heavy atom. The fraction of sp³-hybridized carbons (Fsp3) is 0.500. The number of aliphatic hydroxyl groups excluding tert-OH is 1. The molecule has 1 aliphatic heterocycles. The normalized spacial score (nSPS) is 22.7. The standard InChI is InChI=1S/C16H21NO2/c1-3-16(7-8-18)15-12(6-9-19-16)13-10-11(2)4-5-14(13)17-15/h4-5,10,17-18H,3,6-9H2,1-2H3. The number of nitrogens with one attached hydrogen (secondary N) is 1. The van der Waals surface area contributed by atoms with Gasteiger partial charge in [0.25, 0.3) is 0 Å². The van der Waals surface area contributed by atoms with Gasteiger partial charge in [-0.2, -0.15) is 0 Å². The highest BCUT2D eigenvalue weighted by Crippen LogP contribution is 2.41. The highest BCUT2D eigenvalue weighted by molar-refractivity contribution is 5.86. The van der Waals surface area contributed by atoms with Gasteiger partial charge in [0.05, 0.1) is 12.3 Å². The molecule has 0 amide bonds.